The van der Waals surface area contributed by atoms with Crippen LogP contribution in [-0.2, 0) is 13.5 Å². The Balaban J connectivity index is 1.63. The maximum atomic E-state index is 12.7. The van der Waals surface area contributed by atoms with Crippen molar-refractivity contribution in [2.75, 3.05) is 13.1 Å². The van der Waals surface area contributed by atoms with Crippen molar-refractivity contribution in [3.05, 3.63) is 53.3 Å². The Morgan fingerprint density at radius 1 is 1.29 bits per heavy atom. The Kier molecular flexibility index (Phi) is 5.00. The van der Waals surface area contributed by atoms with Crippen LogP contribution in [0.4, 0.5) is 0 Å². The van der Waals surface area contributed by atoms with Gasteiger partial charge >= 0.3 is 0 Å². The summed E-state index contributed by atoms with van der Waals surface area (Å²) in [5.41, 5.74) is 2.53. The van der Waals surface area contributed by atoms with E-state index in [1.165, 1.54) is 0 Å². The molecule has 1 aliphatic heterocycles. The van der Waals surface area contributed by atoms with Crippen LogP contribution in [0.5, 0.6) is 0 Å². The fourth-order valence-electron chi connectivity index (χ4n) is 3.49. The summed E-state index contributed by atoms with van der Waals surface area (Å²) in [6.07, 6.45) is 3.76. The lowest BCUT2D eigenvalue weighted by molar-refractivity contribution is 0.0461. The van der Waals surface area contributed by atoms with Gasteiger partial charge in [0, 0.05) is 26.3 Å². The molecule has 5 heteroatoms. The third kappa shape index (κ3) is 3.36. The van der Waals surface area contributed by atoms with Crippen molar-refractivity contribution in [2.24, 2.45) is 13.0 Å². The zero-order chi connectivity index (χ0) is 17.1. The van der Waals surface area contributed by atoms with Crippen LogP contribution in [0, 0.1) is 5.92 Å². The lowest BCUT2D eigenvalue weighted by Crippen LogP contribution is -2.40. The number of aliphatic hydroxyl groups is 1. The Labute approximate surface area is 142 Å². The average Bonchev–Trinajstić information content (AvgIpc) is 3.02. The van der Waals surface area contributed by atoms with Gasteiger partial charge < -0.3 is 10.0 Å². The van der Waals surface area contributed by atoms with Gasteiger partial charge in [-0.05, 0) is 30.7 Å². The minimum Gasteiger partial charge on any atom is -0.388 e. The number of rotatable bonds is 4. The number of aryl methyl sites for hydroxylation is 2. The minimum absolute atomic E-state index is 0.0626. The molecule has 1 saturated heterocycles. The number of carbonyl (C=O) groups excluding carboxylic acids is 1. The summed E-state index contributed by atoms with van der Waals surface area (Å²) in [7, 11) is 1.85. The van der Waals surface area contributed by atoms with Gasteiger partial charge in [-0.3, -0.25) is 9.48 Å². The maximum absolute atomic E-state index is 12.7. The molecule has 5 nitrogen and oxygen atoms in total. The SMILES string of the molecule is CCc1nn(C)cc1C(=O)N1CCC(C(O)c2ccccc2)CC1. The third-order valence-corrected chi connectivity index (χ3v) is 4.89. The summed E-state index contributed by atoms with van der Waals surface area (Å²) >= 11 is 0. The highest BCUT2D eigenvalue weighted by Crippen LogP contribution is 2.31. The van der Waals surface area contributed by atoms with Crippen molar-refractivity contribution in [1.29, 1.82) is 0 Å². The normalized spacial score (nSPS) is 17.0. The molecule has 128 valence electrons. The predicted octanol–water partition coefficient (Wildman–Crippen LogP) is 2.57. The monoisotopic (exact) mass is 327 g/mol. The van der Waals surface area contributed by atoms with E-state index >= 15 is 0 Å². The molecule has 3 rings (SSSR count). The number of hydrogen-bond acceptors (Lipinski definition) is 3. The zero-order valence-corrected chi connectivity index (χ0v) is 14.4. The van der Waals surface area contributed by atoms with Crippen molar-refractivity contribution in [3.63, 3.8) is 0 Å². The van der Waals surface area contributed by atoms with Gasteiger partial charge in [0.1, 0.15) is 0 Å². The fourth-order valence-corrected chi connectivity index (χ4v) is 3.49. The van der Waals surface area contributed by atoms with E-state index in [-0.39, 0.29) is 11.8 Å². The lowest BCUT2D eigenvalue weighted by atomic mass is 9.87. The van der Waals surface area contributed by atoms with E-state index in [1.807, 2.05) is 55.4 Å². The van der Waals surface area contributed by atoms with Gasteiger partial charge in [0.05, 0.1) is 17.4 Å². The van der Waals surface area contributed by atoms with Gasteiger partial charge in [-0.15, -0.1) is 0 Å². The van der Waals surface area contributed by atoms with E-state index < -0.39 is 6.10 Å². The molecule has 0 radical (unpaired) electrons. The van der Waals surface area contributed by atoms with E-state index in [9.17, 15) is 9.90 Å². The number of amides is 1. The third-order valence-electron chi connectivity index (χ3n) is 4.89. The van der Waals surface area contributed by atoms with Gasteiger partial charge in [0.15, 0.2) is 0 Å². The highest BCUT2D eigenvalue weighted by molar-refractivity contribution is 5.95. The zero-order valence-electron chi connectivity index (χ0n) is 14.4. The van der Waals surface area contributed by atoms with Gasteiger partial charge in [-0.2, -0.15) is 5.10 Å². The van der Waals surface area contributed by atoms with E-state index in [0.29, 0.717) is 18.7 Å². The number of aliphatic hydroxyl groups excluding tert-OH is 1. The topological polar surface area (TPSA) is 58.4 Å². The number of likely N-dealkylation sites (tertiary alicyclic amines) is 1. The predicted molar refractivity (Wildman–Crippen MR) is 92.6 cm³/mol. The molecular formula is C19H25N3O2. The smallest absolute Gasteiger partial charge is 0.257 e. The summed E-state index contributed by atoms with van der Waals surface area (Å²) in [5, 5.41) is 14.9. The summed E-state index contributed by atoms with van der Waals surface area (Å²) in [5.74, 6) is 0.267. The Morgan fingerprint density at radius 2 is 1.96 bits per heavy atom. The molecule has 0 spiro atoms. The molecule has 1 aromatic carbocycles. The maximum Gasteiger partial charge on any atom is 0.257 e. The van der Waals surface area contributed by atoms with Crippen LogP contribution in [0.1, 0.15) is 47.5 Å². The molecule has 0 bridgehead atoms. The van der Waals surface area contributed by atoms with Crippen LogP contribution >= 0.6 is 0 Å². The number of nitrogens with zero attached hydrogens (tertiary/aromatic N) is 3. The summed E-state index contributed by atoms with van der Waals surface area (Å²) in [6, 6.07) is 9.78. The first-order chi connectivity index (χ1) is 11.6. The van der Waals surface area contributed by atoms with E-state index in [4.69, 9.17) is 0 Å². The minimum atomic E-state index is -0.451. The summed E-state index contributed by atoms with van der Waals surface area (Å²) in [4.78, 5) is 14.6. The number of benzene rings is 1. The second-order valence-corrected chi connectivity index (χ2v) is 6.50. The van der Waals surface area contributed by atoms with Crippen LogP contribution in [0.2, 0.25) is 0 Å². The average molecular weight is 327 g/mol. The molecule has 2 aromatic rings. The van der Waals surface area contributed by atoms with Crippen molar-refractivity contribution in [1.82, 2.24) is 14.7 Å². The van der Waals surface area contributed by atoms with Crippen molar-refractivity contribution in [3.8, 4) is 0 Å². The summed E-state index contributed by atoms with van der Waals surface area (Å²) < 4.78 is 1.71. The molecule has 1 fully saturated rings. The molecule has 1 atom stereocenters. The number of piperidine rings is 1. The Hall–Kier alpha value is -2.14. The largest absolute Gasteiger partial charge is 0.388 e. The highest BCUT2D eigenvalue weighted by atomic mass is 16.3. The lowest BCUT2D eigenvalue weighted by Gasteiger charge is -2.34. The standard InChI is InChI=1S/C19H25N3O2/c1-3-17-16(13-21(2)20-17)19(24)22-11-9-15(10-12-22)18(23)14-7-5-4-6-8-14/h4-8,13,15,18,23H,3,9-12H2,1-2H3. The second kappa shape index (κ2) is 7.18. The molecule has 1 amide bonds. The number of hydrogen-bond donors (Lipinski definition) is 1. The van der Waals surface area contributed by atoms with Gasteiger partial charge in [0.2, 0.25) is 0 Å². The molecule has 24 heavy (non-hydrogen) atoms. The van der Waals surface area contributed by atoms with Crippen molar-refractivity contribution < 1.29 is 9.90 Å². The Bertz CT molecular complexity index is 688. The fraction of sp³-hybridized carbons (Fsp3) is 0.474. The quantitative estimate of drug-likeness (QED) is 0.939. The van der Waals surface area contributed by atoms with Crippen molar-refractivity contribution in [2.45, 2.75) is 32.3 Å². The molecule has 1 unspecified atom stereocenters. The van der Waals surface area contributed by atoms with E-state index in [2.05, 4.69) is 5.10 Å². The van der Waals surface area contributed by atoms with Crippen LogP contribution in [-0.4, -0.2) is 38.8 Å². The van der Waals surface area contributed by atoms with Gasteiger partial charge in [-0.1, -0.05) is 37.3 Å². The van der Waals surface area contributed by atoms with E-state index in [1.54, 1.807) is 4.68 Å². The van der Waals surface area contributed by atoms with Gasteiger partial charge in [-0.25, -0.2) is 0 Å². The first-order valence-electron chi connectivity index (χ1n) is 8.65. The van der Waals surface area contributed by atoms with Gasteiger partial charge in [0.25, 0.3) is 5.91 Å². The van der Waals surface area contributed by atoms with Crippen LogP contribution in [0.25, 0.3) is 0 Å². The summed E-state index contributed by atoms with van der Waals surface area (Å²) in [6.45, 7) is 3.39. The van der Waals surface area contributed by atoms with Crippen molar-refractivity contribution >= 4 is 5.91 Å². The number of aromatic nitrogens is 2. The van der Waals surface area contributed by atoms with Crippen LogP contribution in [0.15, 0.2) is 36.5 Å². The first kappa shape index (κ1) is 16.7. The van der Waals surface area contributed by atoms with E-state index in [0.717, 1.165) is 30.5 Å². The molecule has 1 N–H and O–H groups in total. The molecule has 1 aliphatic rings. The molecule has 0 saturated carbocycles. The molecule has 2 heterocycles. The first-order valence-corrected chi connectivity index (χ1v) is 8.65. The molecule has 0 aliphatic carbocycles. The highest BCUT2D eigenvalue weighted by Gasteiger charge is 2.29. The molecule has 1 aromatic heterocycles. The van der Waals surface area contributed by atoms with Crippen LogP contribution in [0.3, 0.4) is 0 Å². The molecular weight excluding hydrogens is 302 g/mol. The number of carbonyl (C=O) groups is 1. The Morgan fingerprint density at radius 3 is 2.58 bits per heavy atom. The van der Waals surface area contributed by atoms with Crippen LogP contribution < -0.4 is 0 Å². The second-order valence-electron chi connectivity index (χ2n) is 6.50.